The number of rotatable bonds is 6. The van der Waals surface area contributed by atoms with Crippen molar-refractivity contribution < 1.29 is 18.3 Å². The molecule has 0 aliphatic carbocycles. The van der Waals surface area contributed by atoms with E-state index in [0.29, 0.717) is 17.8 Å². The second kappa shape index (κ2) is 9.14. The standard InChI is InChI=1S/C22H24N6O4S/c1-13-3-8-20(29)17(11-13)18-12-19(27-26-18)21(30)25-15-4-6-16(7-5-15)33(31,32)28-22-23-10-9-14(2)24-22/h3-11,18-19,26-27,29H,12H2,1-2H3,(H,25,30)(H,23,24,28). The van der Waals surface area contributed by atoms with Crippen molar-refractivity contribution in [1.29, 1.82) is 0 Å². The number of benzene rings is 2. The van der Waals surface area contributed by atoms with Crippen LogP contribution in [0.15, 0.2) is 59.6 Å². The van der Waals surface area contributed by atoms with Gasteiger partial charge < -0.3 is 10.4 Å². The predicted octanol–water partition coefficient (Wildman–Crippen LogP) is 2.15. The average Bonchev–Trinajstić information content (AvgIpc) is 3.26. The normalized spacial score (nSPS) is 18.1. The van der Waals surface area contributed by atoms with Crippen molar-refractivity contribution in [2.45, 2.75) is 37.2 Å². The molecule has 1 saturated heterocycles. The fourth-order valence-corrected chi connectivity index (χ4v) is 4.46. The lowest BCUT2D eigenvalue weighted by Gasteiger charge is -2.13. The monoisotopic (exact) mass is 468 g/mol. The molecule has 0 bridgehead atoms. The maximum absolute atomic E-state index is 12.7. The molecule has 172 valence electrons. The lowest BCUT2D eigenvalue weighted by atomic mass is 9.99. The Balaban J connectivity index is 1.39. The molecule has 3 aromatic rings. The summed E-state index contributed by atoms with van der Waals surface area (Å²) in [6.45, 7) is 3.67. The van der Waals surface area contributed by atoms with Crippen LogP contribution in [0.25, 0.3) is 0 Å². The molecule has 2 unspecified atom stereocenters. The zero-order valence-corrected chi connectivity index (χ0v) is 18.8. The van der Waals surface area contributed by atoms with Gasteiger partial charge in [0.05, 0.1) is 10.9 Å². The van der Waals surface area contributed by atoms with Crippen molar-refractivity contribution in [3.05, 3.63) is 71.5 Å². The molecule has 1 aliphatic heterocycles. The Morgan fingerprint density at radius 3 is 2.58 bits per heavy atom. The molecule has 1 fully saturated rings. The Morgan fingerprint density at radius 2 is 1.85 bits per heavy atom. The van der Waals surface area contributed by atoms with E-state index in [1.807, 2.05) is 19.1 Å². The average molecular weight is 469 g/mol. The number of carbonyl (C=O) groups is 1. The van der Waals surface area contributed by atoms with Crippen LogP contribution < -0.4 is 20.9 Å². The first-order valence-corrected chi connectivity index (χ1v) is 11.7. The summed E-state index contributed by atoms with van der Waals surface area (Å²) >= 11 is 0. The molecule has 0 radical (unpaired) electrons. The van der Waals surface area contributed by atoms with E-state index in [-0.39, 0.29) is 28.5 Å². The first-order valence-electron chi connectivity index (χ1n) is 10.3. The molecule has 0 saturated carbocycles. The van der Waals surface area contributed by atoms with Crippen LogP contribution in [-0.2, 0) is 14.8 Å². The number of aromatic nitrogens is 2. The molecule has 1 aliphatic rings. The minimum absolute atomic E-state index is 0.0126. The largest absolute Gasteiger partial charge is 0.508 e. The summed E-state index contributed by atoms with van der Waals surface area (Å²) in [6, 6.07) is 12.0. The number of hydrazine groups is 1. The Labute approximate surface area is 191 Å². The van der Waals surface area contributed by atoms with Crippen molar-refractivity contribution in [1.82, 2.24) is 20.8 Å². The quantitative estimate of drug-likeness (QED) is 0.370. The lowest BCUT2D eigenvalue weighted by Crippen LogP contribution is -2.39. The minimum Gasteiger partial charge on any atom is -0.508 e. The number of amides is 1. The summed E-state index contributed by atoms with van der Waals surface area (Å²) in [5.41, 5.74) is 8.81. The van der Waals surface area contributed by atoms with Crippen LogP contribution >= 0.6 is 0 Å². The van der Waals surface area contributed by atoms with Gasteiger partial charge in [-0.25, -0.2) is 34.0 Å². The minimum atomic E-state index is -3.87. The smallest absolute Gasteiger partial charge is 0.264 e. The third-order valence-electron chi connectivity index (χ3n) is 5.23. The summed E-state index contributed by atoms with van der Waals surface area (Å²) in [7, 11) is -3.87. The van der Waals surface area contributed by atoms with E-state index in [0.717, 1.165) is 11.1 Å². The van der Waals surface area contributed by atoms with Crippen LogP contribution in [0.5, 0.6) is 5.75 Å². The number of hydrogen-bond acceptors (Lipinski definition) is 8. The third-order valence-corrected chi connectivity index (χ3v) is 6.57. The number of sulfonamides is 1. The van der Waals surface area contributed by atoms with E-state index in [4.69, 9.17) is 0 Å². The number of hydrogen-bond donors (Lipinski definition) is 5. The molecule has 0 spiro atoms. The van der Waals surface area contributed by atoms with Gasteiger partial charge in [0.15, 0.2) is 0 Å². The lowest BCUT2D eigenvalue weighted by molar-refractivity contribution is -0.117. The summed E-state index contributed by atoms with van der Waals surface area (Å²) in [4.78, 5) is 20.6. The SMILES string of the molecule is Cc1ccc(O)c(C2CC(C(=O)Nc3ccc(S(=O)(=O)Nc4nccc(C)n4)cc3)NN2)c1. The maximum atomic E-state index is 12.7. The molecular formula is C22H24N6O4S. The van der Waals surface area contributed by atoms with Crippen molar-refractivity contribution in [2.75, 3.05) is 10.0 Å². The number of nitrogens with zero attached hydrogens (tertiary/aromatic N) is 2. The number of phenolic OH excluding ortho intramolecular Hbond substituents is 1. The summed E-state index contributed by atoms with van der Waals surface area (Å²) in [6.07, 6.45) is 1.91. The number of aromatic hydroxyl groups is 1. The molecule has 11 heteroatoms. The molecular weight excluding hydrogens is 444 g/mol. The summed E-state index contributed by atoms with van der Waals surface area (Å²) in [5, 5.41) is 12.9. The van der Waals surface area contributed by atoms with Crippen molar-refractivity contribution in [2.24, 2.45) is 0 Å². The Kier molecular flexibility index (Phi) is 6.27. The molecule has 1 amide bonds. The van der Waals surface area contributed by atoms with Gasteiger partial charge in [0.25, 0.3) is 10.0 Å². The molecule has 33 heavy (non-hydrogen) atoms. The highest BCUT2D eigenvalue weighted by atomic mass is 32.2. The molecule has 5 N–H and O–H groups in total. The van der Waals surface area contributed by atoms with Gasteiger partial charge in [-0.15, -0.1) is 0 Å². The molecule has 1 aromatic heterocycles. The predicted molar refractivity (Wildman–Crippen MR) is 123 cm³/mol. The van der Waals surface area contributed by atoms with Crippen molar-refractivity contribution >= 4 is 27.6 Å². The van der Waals surface area contributed by atoms with Crippen molar-refractivity contribution in [3.8, 4) is 5.75 Å². The number of carbonyl (C=O) groups excluding carboxylic acids is 1. The van der Waals surface area contributed by atoms with Gasteiger partial charge in [-0.2, -0.15) is 0 Å². The van der Waals surface area contributed by atoms with Crippen molar-refractivity contribution in [3.63, 3.8) is 0 Å². The van der Waals surface area contributed by atoms with Gasteiger partial charge in [0.2, 0.25) is 11.9 Å². The van der Waals surface area contributed by atoms with Crippen LogP contribution in [0.1, 0.15) is 29.3 Å². The van der Waals surface area contributed by atoms with Crippen LogP contribution in [0, 0.1) is 13.8 Å². The van der Waals surface area contributed by atoms with E-state index < -0.39 is 16.1 Å². The van der Waals surface area contributed by atoms with E-state index in [9.17, 15) is 18.3 Å². The fourth-order valence-electron chi connectivity index (χ4n) is 3.51. The molecule has 2 heterocycles. The highest BCUT2D eigenvalue weighted by molar-refractivity contribution is 7.92. The highest BCUT2D eigenvalue weighted by Gasteiger charge is 2.31. The van der Waals surface area contributed by atoms with Gasteiger partial charge in [-0.3, -0.25) is 4.79 Å². The molecule has 10 nitrogen and oxygen atoms in total. The zero-order chi connectivity index (χ0) is 23.6. The van der Waals surface area contributed by atoms with E-state index >= 15 is 0 Å². The van der Waals surface area contributed by atoms with Crippen LogP contribution in [0.3, 0.4) is 0 Å². The summed E-state index contributed by atoms with van der Waals surface area (Å²) < 4.78 is 27.5. The maximum Gasteiger partial charge on any atom is 0.264 e. The van der Waals surface area contributed by atoms with Gasteiger partial charge in [-0.1, -0.05) is 17.7 Å². The van der Waals surface area contributed by atoms with Crippen LogP contribution in [0.4, 0.5) is 11.6 Å². The number of nitrogens with one attached hydrogen (secondary N) is 4. The zero-order valence-electron chi connectivity index (χ0n) is 18.0. The fraction of sp³-hybridized carbons (Fsp3) is 0.227. The van der Waals surface area contributed by atoms with E-state index in [1.54, 1.807) is 19.1 Å². The Bertz CT molecular complexity index is 1280. The number of phenols is 1. The van der Waals surface area contributed by atoms with Crippen LogP contribution in [0.2, 0.25) is 0 Å². The Morgan fingerprint density at radius 1 is 1.09 bits per heavy atom. The number of aryl methyl sites for hydroxylation is 2. The van der Waals surface area contributed by atoms with Gasteiger partial charge in [-0.05, 0) is 56.7 Å². The van der Waals surface area contributed by atoms with Gasteiger partial charge >= 0.3 is 0 Å². The number of anilines is 2. The second-order valence-electron chi connectivity index (χ2n) is 7.83. The second-order valence-corrected chi connectivity index (χ2v) is 9.51. The molecule has 2 aromatic carbocycles. The van der Waals surface area contributed by atoms with Crippen LogP contribution in [-0.4, -0.2) is 35.4 Å². The first-order chi connectivity index (χ1) is 15.7. The van der Waals surface area contributed by atoms with E-state index in [1.165, 1.54) is 30.5 Å². The van der Waals surface area contributed by atoms with Gasteiger partial charge in [0, 0.05) is 23.1 Å². The van der Waals surface area contributed by atoms with Gasteiger partial charge in [0.1, 0.15) is 11.8 Å². The highest BCUT2D eigenvalue weighted by Crippen LogP contribution is 2.30. The molecule has 4 rings (SSSR count). The third kappa shape index (κ3) is 5.28. The first kappa shape index (κ1) is 22.6. The topological polar surface area (TPSA) is 145 Å². The van der Waals surface area contributed by atoms with E-state index in [2.05, 4.69) is 30.9 Å². The Hall–Kier alpha value is -3.54. The summed E-state index contributed by atoms with van der Waals surface area (Å²) in [5.74, 6) is -0.122. The molecule has 2 atom stereocenters.